The first-order valence-electron chi connectivity index (χ1n) is 5.57. The first kappa shape index (κ1) is 13.8. The van der Waals surface area contributed by atoms with E-state index in [9.17, 15) is 14.9 Å². The molecule has 0 aliphatic carbocycles. The molecule has 5 nitrogen and oxygen atoms in total. The minimum atomic E-state index is -0.856. The average molecular weight is 246 g/mol. The number of nitro groups is 1. The first-order valence-corrected chi connectivity index (χ1v) is 5.57. The Morgan fingerprint density at radius 1 is 1.44 bits per heavy atom. The molecule has 0 saturated heterocycles. The Bertz CT molecular complexity index is 530. The van der Waals surface area contributed by atoms with E-state index >= 15 is 0 Å². The van der Waals surface area contributed by atoms with E-state index in [-0.39, 0.29) is 17.2 Å². The van der Waals surface area contributed by atoms with Gasteiger partial charge in [0.05, 0.1) is 16.6 Å². The summed E-state index contributed by atoms with van der Waals surface area (Å²) in [4.78, 5) is 22.5. The number of nitrogens with zero attached hydrogens (tertiary/aromatic N) is 2. The van der Waals surface area contributed by atoms with Crippen LogP contribution in [0.2, 0.25) is 0 Å². The third-order valence-corrected chi connectivity index (χ3v) is 2.70. The number of benzene rings is 1. The van der Waals surface area contributed by atoms with Gasteiger partial charge in [0.1, 0.15) is 5.92 Å². The lowest BCUT2D eigenvalue weighted by Crippen LogP contribution is -2.19. The van der Waals surface area contributed by atoms with Gasteiger partial charge in [0.25, 0.3) is 5.69 Å². The molecular formula is C13H14N2O3. The zero-order valence-corrected chi connectivity index (χ0v) is 10.5. The lowest BCUT2D eigenvalue weighted by Gasteiger charge is -2.12. The van der Waals surface area contributed by atoms with E-state index in [0.29, 0.717) is 0 Å². The lowest BCUT2D eigenvalue weighted by molar-refractivity contribution is -0.385. The number of carbonyl (C=O) groups excluding carboxylic acids is 1. The minimum Gasteiger partial charge on any atom is -0.292 e. The van der Waals surface area contributed by atoms with Crippen LogP contribution in [-0.2, 0) is 0 Å². The highest BCUT2D eigenvalue weighted by Gasteiger charge is 2.28. The molecule has 0 bridgehead atoms. The van der Waals surface area contributed by atoms with Crippen LogP contribution in [-0.4, -0.2) is 10.7 Å². The van der Waals surface area contributed by atoms with Crippen LogP contribution in [0.1, 0.15) is 29.8 Å². The van der Waals surface area contributed by atoms with Crippen LogP contribution in [0.15, 0.2) is 18.2 Å². The number of carbonyl (C=O) groups is 1. The SMILES string of the molecule is Cc1ccc([N+](=O)[O-])c(C(=O)C(C#N)C(C)C)c1. The molecule has 1 unspecified atom stereocenters. The zero-order chi connectivity index (χ0) is 13.9. The third-order valence-electron chi connectivity index (χ3n) is 2.70. The fourth-order valence-corrected chi connectivity index (χ4v) is 1.68. The van der Waals surface area contributed by atoms with Crippen molar-refractivity contribution in [1.82, 2.24) is 0 Å². The normalized spacial score (nSPS) is 11.9. The van der Waals surface area contributed by atoms with Crippen LogP contribution in [0.25, 0.3) is 0 Å². The number of Topliss-reactive ketones (excluding diaryl/α,β-unsaturated/α-hetero) is 1. The van der Waals surface area contributed by atoms with E-state index in [2.05, 4.69) is 0 Å². The topological polar surface area (TPSA) is 84.0 Å². The molecule has 0 aromatic heterocycles. The summed E-state index contributed by atoms with van der Waals surface area (Å²) in [6.07, 6.45) is 0. The maximum atomic E-state index is 12.2. The molecule has 0 amide bonds. The van der Waals surface area contributed by atoms with Gasteiger partial charge in [-0.2, -0.15) is 5.26 Å². The molecule has 18 heavy (non-hydrogen) atoms. The van der Waals surface area contributed by atoms with E-state index in [4.69, 9.17) is 5.26 Å². The van der Waals surface area contributed by atoms with Gasteiger partial charge in [0.15, 0.2) is 5.78 Å². The van der Waals surface area contributed by atoms with E-state index in [0.717, 1.165) is 5.56 Å². The molecule has 1 atom stereocenters. The van der Waals surface area contributed by atoms with Gasteiger partial charge < -0.3 is 0 Å². The molecule has 94 valence electrons. The molecule has 0 spiro atoms. The largest absolute Gasteiger partial charge is 0.292 e. The predicted molar refractivity (Wildman–Crippen MR) is 66.1 cm³/mol. The van der Waals surface area contributed by atoms with Crippen molar-refractivity contribution in [2.24, 2.45) is 11.8 Å². The summed E-state index contributed by atoms with van der Waals surface area (Å²) in [6.45, 7) is 5.23. The number of nitro benzene ring substituents is 1. The van der Waals surface area contributed by atoms with E-state index in [1.54, 1.807) is 26.8 Å². The maximum Gasteiger partial charge on any atom is 0.280 e. The van der Waals surface area contributed by atoms with E-state index in [1.807, 2.05) is 6.07 Å². The molecular weight excluding hydrogens is 232 g/mol. The highest BCUT2D eigenvalue weighted by Crippen LogP contribution is 2.25. The fraction of sp³-hybridized carbons (Fsp3) is 0.385. The van der Waals surface area contributed by atoms with E-state index in [1.165, 1.54) is 12.1 Å². The summed E-state index contributed by atoms with van der Waals surface area (Å²) in [5, 5.41) is 19.9. The highest BCUT2D eigenvalue weighted by atomic mass is 16.6. The Labute approximate surface area is 105 Å². The van der Waals surface area contributed by atoms with Gasteiger partial charge in [-0.25, -0.2) is 0 Å². The Morgan fingerprint density at radius 3 is 2.50 bits per heavy atom. The molecule has 5 heteroatoms. The van der Waals surface area contributed by atoms with Crippen LogP contribution in [0.5, 0.6) is 0 Å². The molecule has 0 heterocycles. The summed E-state index contributed by atoms with van der Waals surface area (Å²) in [6, 6.07) is 6.26. The standard InChI is InChI=1S/C13H14N2O3/c1-8(2)11(7-14)13(16)10-6-9(3)4-5-12(10)15(17)18/h4-6,8,11H,1-3H3. The second kappa shape index (κ2) is 5.41. The quantitative estimate of drug-likeness (QED) is 0.464. The summed E-state index contributed by atoms with van der Waals surface area (Å²) >= 11 is 0. The Kier molecular flexibility index (Phi) is 4.16. The van der Waals surface area contributed by atoms with Crippen LogP contribution < -0.4 is 0 Å². The van der Waals surface area contributed by atoms with Crippen molar-refractivity contribution >= 4 is 11.5 Å². The van der Waals surface area contributed by atoms with Gasteiger partial charge >= 0.3 is 0 Å². The number of aryl methyl sites for hydroxylation is 1. The van der Waals surface area contributed by atoms with Crippen molar-refractivity contribution < 1.29 is 9.72 Å². The van der Waals surface area contributed by atoms with Crippen molar-refractivity contribution in [3.05, 3.63) is 39.4 Å². The van der Waals surface area contributed by atoms with Gasteiger partial charge in [0.2, 0.25) is 0 Å². The zero-order valence-electron chi connectivity index (χ0n) is 10.5. The van der Waals surface area contributed by atoms with Gasteiger partial charge in [-0.3, -0.25) is 14.9 Å². The molecule has 1 rings (SSSR count). The number of hydrogen-bond donors (Lipinski definition) is 0. The Hall–Kier alpha value is -2.22. The van der Waals surface area contributed by atoms with E-state index < -0.39 is 16.6 Å². The second-order valence-electron chi connectivity index (χ2n) is 4.49. The third kappa shape index (κ3) is 2.72. The first-order chi connectivity index (χ1) is 8.38. The number of nitriles is 1. The van der Waals surface area contributed by atoms with Gasteiger partial charge in [-0.1, -0.05) is 19.9 Å². The van der Waals surface area contributed by atoms with Gasteiger partial charge in [0, 0.05) is 6.07 Å². The number of rotatable bonds is 4. The molecule has 0 fully saturated rings. The van der Waals surface area contributed by atoms with Crippen molar-refractivity contribution in [1.29, 1.82) is 5.26 Å². The second-order valence-corrected chi connectivity index (χ2v) is 4.49. The molecule has 0 aliphatic rings. The summed E-state index contributed by atoms with van der Waals surface area (Å²) in [5.74, 6) is -1.52. The molecule has 0 saturated carbocycles. The van der Waals surface area contributed by atoms with Gasteiger partial charge in [-0.15, -0.1) is 0 Å². The summed E-state index contributed by atoms with van der Waals surface area (Å²) in [7, 11) is 0. The molecule has 1 aromatic carbocycles. The van der Waals surface area contributed by atoms with Crippen LogP contribution in [0.4, 0.5) is 5.69 Å². The average Bonchev–Trinajstić information content (AvgIpc) is 2.28. The Morgan fingerprint density at radius 2 is 2.06 bits per heavy atom. The highest BCUT2D eigenvalue weighted by molar-refractivity contribution is 6.03. The fourth-order valence-electron chi connectivity index (χ4n) is 1.68. The maximum absolute atomic E-state index is 12.2. The van der Waals surface area contributed by atoms with Crippen LogP contribution in [0.3, 0.4) is 0 Å². The molecule has 0 radical (unpaired) electrons. The van der Waals surface area contributed by atoms with Crippen LogP contribution >= 0.6 is 0 Å². The van der Waals surface area contributed by atoms with Crippen molar-refractivity contribution in [3.8, 4) is 6.07 Å². The monoisotopic (exact) mass is 246 g/mol. The number of hydrogen-bond acceptors (Lipinski definition) is 4. The summed E-state index contributed by atoms with van der Waals surface area (Å²) in [5.41, 5.74) is 0.524. The molecule has 1 aromatic rings. The van der Waals surface area contributed by atoms with Crippen molar-refractivity contribution in [2.75, 3.05) is 0 Å². The van der Waals surface area contributed by atoms with Crippen molar-refractivity contribution in [3.63, 3.8) is 0 Å². The summed E-state index contributed by atoms with van der Waals surface area (Å²) < 4.78 is 0. The van der Waals surface area contributed by atoms with Crippen molar-refractivity contribution in [2.45, 2.75) is 20.8 Å². The number of ketones is 1. The predicted octanol–water partition coefficient (Wildman–Crippen LogP) is 2.88. The minimum absolute atomic E-state index is 0.0141. The smallest absolute Gasteiger partial charge is 0.280 e. The molecule has 0 N–H and O–H groups in total. The van der Waals surface area contributed by atoms with Crippen LogP contribution in [0, 0.1) is 40.2 Å². The lowest BCUT2D eigenvalue weighted by atomic mass is 9.88. The Balaban J connectivity index is 3.32. The molecule has 0 aliphatic heterocycles. The van der Waals surface area contributed by atoms with Gasteiger partial charge in [-0.05, 0) is 24.5 Å².